The first-order valence-electron chi connectivity index (χ1n) is 9.94. The van der Waals surface area contributed by atoms with Crippen LogP contribution in [-0.4, -0.2) is 72.3 Å². The summed E-state index contributed by atoms with van der Waals surface area (Å²) in [6.07, 6.45) is 2.55. The zero-order chi connectivity index (χ0) is 20.7. The van der Waals surface area contributed by atoms with E-state index in [1.807, 2.05) is 55.8 Å². The van der Waals surface area contributed by atoms with Crippen molar-refractivity contribution < 1.29 is 19.4 Å². The number of urea groups is 1. The summed E-state index contributed by atoms with van der Waals surface area (Å²) in [5.74, 6) is 0.0572. The standard InChI is InChI=1S/C21H33N3O4/c1-15-7-5-8-16(2)20(15)28-14-17(3)22-21(27)24-11-6-9-18(10-12-24)23(4)13-19(25)26/h5,7-8,17-18H,6,9-14H2,1-4H3,(H,22,27)(H,25,26). The van der Waals surface area contributed by atoms with Gasteiger partial charge in [0.2, 0.25) is 0 Å². The van der Waals surface area contributed by atoms with E-state index in [1.165, 1.54) is 0 Å². The van der Waals surface area contributed by atoms with Gasteiger partial charge in [0, 0.05) is 19.1 Å². The Hall–Kier alpha value is -2.28. The largest absolute Gasteiger partial charge is 0.491 e. The molecular weight excluding hydrogens is 358 g/mol. The third kappa shape index (κ3) is 6.41. The predicted octanol–water partition coefficient (Wildman–Crippen LogP) is 2.65. The number of carboxylic acids is 1. The van der Waals surface area contributed by atoms with E-state index < -0.39 is 5.97 Å². The van der Waals surface area contributed by atoms with Crippen molar-refractivity contribution in [1.82, 2.24) is 15.1 Å². The Kier molecular flexibility index (Phi) is 8.11. The molecule has 0 saturated carbocycles. The zero-order valence-corrected chi connectivity index (χ0v) is 17.4. The van der Waals surface area contributed by atoms with Crippen LogP contribution in [0, 0.1) is 13.8 Å². The van der Waals surface area contributed by atoms with Crippen molar-refractivity contribution in [1.29, 1.82) is 0 Å². The van der Waals surface area contributed by atoms with E-state index in [4.69, 9.17) is 9.84 Å². The number of rotatable bonds is 7. The number of hydrogen-bond donors (Lipinski definition) is 2. The second-order valence-electron chi connectivity index (χ2n) is 7.76. The van der Waals surface area contributed by atoms with E-state index >= 15 is 0 Å². The number of amides is 2. The molecule has 2 N–H and O–H groups in total. The summed E-state index contributed by atoms with van der Waals surface area (Å²) in [5, 5.41) is 12.0. The lowest BCUT2D eigenvalue weighted by Gasteiger charge is -2.26. The summed E-state index contributed by atoms with van der Waals surface area (Å²) in [4.78, 5) is 27.2. The molecule has 1 fully saturated rings. The summed E-state index contributed by atoms with van der Waals surface area (Å²) in [5.41, 5.74) is 2.17. The number of ether oxygens (including phenoxy) is 1. The monoisotopic (exact) mass is 391 g/mol. The third-order valence-corrected chi connectivity index (χ3v) is 5.25. The smallest absolute Gasteiger partial charge is 0.317 e. The summed E-state index contributed by atoms with van der Waals surface area (Å²) < 4.78 is 5.93. The van der Waals surface area contributed by atoms with Gasteiger partial charge in [-0.2, -0.15) is 0 Å². The molecule has 1 aliphatic rings. The zero-order valence-electron chi connectivity index (χ0n) is 17.4. The van der Waals surface area contributed by atoms with Gasteiger partial charge in [-0.1, -0.05) is 18.2 Å². The summed E-state index contributed by atoms with van der Waals surface area (Å²) in [7, 11) is 1.83. The van der Waals surface area contributed by atoms with Crippen molar-refractivity contribution >= 4 is 12.0 Å². The van der Waals surface area contributed by atoms with Gasteiger partial charge in [-0.3, -0.25) is 9.69 Å². The molecule has 0 bridgehead atoms. The predicted molar refractivity (Wildman–Crippen MR) is 109 cm³/mol. The van der Waals surface area contributed by atoms with Gasteiger partial charge >= 0.3 is 12.0 Å². The van der Waals surface area contributed by atoms with Gasteiger partial charge in [0.25, 0.3) is 0 Å². The van der Waals surface area contributed by atoms with E-state index in [-0.39, 0.29) is 24.7 Å². The number of nitrogens with one attached hydrogen (secondary N) is 1. The van der Waals surface area contributed by atoms with Crippen molar-refractivity contribution in [3.63, 3.8) is 0 Å². The van der Waals surface area contributed by atoms with Crippen molar-refractivity contribution in [3.8, 4) is 5.75 Å². The van der Waals surface area contributed by atoms with Crippen molar-refractivity contribution in [3.05, 3.63) is 29.3 Å². The molecule has 7 heteroatoms. The molecule has 28 heavy (non-hydrogen) atoms. The van der Waals surface area contributed by atoms with E-state index in [0.717, 1.165) is 36.1 Å². The molecule has 1 aromatic carbocycles. The number of likely N-dealkylation sites (tertiary alicyclic amines) is 1. The number of carbonyl (C=O) groups excluding carboxylic acids is 1. The van der Waals surface area contributed by atoms with Crippen LogP contribution >= 0.6 is 0 Å². The Morgan fingerprint density at radius 3 is 2.61 bits per heavy atom. The maximum Gasteiger partial charge on any atom is 0.317 e. The van der Waals surface area contributed by atoms with Gasteiger partial charge in [0.1, 0.15) is 12.4 Å². The summed E-state index contributed by atoms with van der Waals surface area (Å²) in [6.45, 7) is 7.73. The number of likely N-dealkylation sites (N-methyl/N-ethyl adjacent to an activating group) is 1. The molecule has 0 aromatic heterocycles. The molecule has 2 unspecified atom stereocenters. The maximum atomic E-state index is 12.6. The molecule has 2 rings (SSSR count). The van der Waals surface area contributed by atoms with Crippen LogP contribution in [0.1, 0.15) is 37.3 Å². The molecule has 156 valence electrons. The first-order valence-corrected chi connectivity index (χ1v) is 9.94. The fraction of sp³-hybridized carbons (Fsp3) is 0.619. The fourth-order valence-electron chi connectivity index (χ4n) is 3.64. The first kappa shape index (κ1) is 22.0. The molecule has 1 aromatic rings. The number of hydrogen-bond acceptors (Lipinski definition) is 4. The topological polar surface area (TPSA) is 82.1 Å². The average Bonchev–Trinajstić information content (AvgIpc) is 2.87. The molecular formula is C21H33N3O4. The Morgan fingerprint density at radius 2 is 1.96 bits per heavy atom. The molecule has 0 radical (unpaired) electrons. The van der Waals surface area contributed by atoms with E-state index in [1.54, 1.807) is 0 Å². The summed E-state index contributed by atoms with van der Waals surface area (Å²) in [6, 6.07) is 6.03. The molecule has 2 atom stereocenters. The lowest BCUT2D eigenvalue weighted by Crippen LogP contribution is -2.46. The van der Waals surface area contributed by atoms with Crippen molar-refractivity contribution in [2.75, 3.05) is 33.3 Å². The van der Waals surface area contributed by atoms with Crippen LogP contribution in [0.2, 0.25) is 0 Å². The lowest BCUT2D eigenvalue weighted by atomic mass is 10.1. The molecule has 1 saturated heterocycles. The van der Waals surface area contributed by atoms with E-state index in [2.05, 4.69) is 5.32 Å². The molecule has 1 heterocycles. The molecule has 2 amide bonds. The highest BCUT2D eigenvalue weighted by Gasteiger charge is 2.24. The van der Waals surface area contributed by atoms with Gasteiger partial charge in [-0.05, 0) is 58.2 Å². The van der Waals surface area contributed by atoms with Gasteiger partial charge < -0.3 is 20.1 Å². The molecule has 7 nitrogen and oxygen atoms in total. The Labute approximate surface area is 167 Å². The minimum atomic E-state index is -0.820. The van der Waals surface area contributed by atoms with Gasteiger partial charge in [0.15, 0.2) is 0 Å². The Balaban J connectivity index is 1.81. The molecule has 0 aliphatic carbocycles. The van der Waals surface area contributed by atoms with Crippen LogP contribution in [-0.2, 0) is 4.79 Å². The van der Waals surface area contributed by atoms with Gasteiger partial charge in [-0.25, -0.2) is 4.79 Å². The van der Waals surface area contributed by atoms with Crippen LogP contribution in [0.15, 0.2) is 18.2 Å². The molecule has 1 aliphatic heterocycles. The average molecular weight is 392 g/mol. The van der Waals surface area contributed by atoms with Crippen LogP contribution in [0.3, 0.4) is 0 Å². The van der Waals surface area contributed by atoms with Crippen LogP contribution in [0.25, 0.3) is 0 Å². The number of para-hydroxylation sites is 1. The Bertz CT molecular complexity index is 659. The minimum Gasteiger partial charge on any atom is -0.491 e. The van der Waals surface area contributed by atoms with Crippen molar-refractivity contribution in [2.24, 2.45) is 0 Å². The van der Waals surface area contributed by atoms with Crippen LogP contribution in [0.4, 0.5) is 4.79 Å². The number of aliphatic carboxylic acids is 1. The van der Waals surface area contributed by atoms with E-state index in [9.17, 15) is 9.59 Å². The highest BCUT2D eigenvalue weighted by atomic mass is 16.5. The maximum absolute atomic E-state index is 12.6. The van der Waals surface area contributed by atoms with Crippen LogP contribution in [0.5, 0.6) is 5.75 Å². The third-order valence-electron chi connectivity index (χ3n) is 5.25. The number of carbonyl (C=O) groups is 2. The Morgan fingerprint density at radius 1 is 1.29 bits per heavy atom. The number of benzene rings is 1. The highest BCUT2D eigenvalue weighted by molar-refractivity contribution is 5.74. The fourth-order valence-corrected chi connectivity index (χ4v) is 3.64. The van der Waals surface area contributed by atoms with Crippen molar-refractivity contribution in [2.45, 2.75) is 52.1 Å². The first-order chi connectivity index (χ1) is 13.3. The summed E-state index contributed by atoms with van der Waals surface area (Å²) >= 11 is 0. The molecule has 0 spiro atoms. The quantitative estimate of drug-likeness (QED) is 0.747. The highest BCUT2D eigenvalue weighted by Crippen LogP contribution is 2.22. The van der Waals surface area contributed by atoms with Gasteiger partial charge in [0.05, 0.1) is 12.6 Å². The number of carboxylic acid groups (broad SMARTS) is 1. The second kappa shape index (κ2) is 10.3. The number of nitrogens with zero attached hydrogens (tertiary/aromatic N) is 2. The second-order valence-corrected chi connectivity index (χ2v) is 7.76. The van der Waals surface area contributed by atoms with E-state index in [0.29, 0.717) is 19.7 Å². The van der Waals surface area contributed by atoms with Gasteiger partial charge in [-0.15, -0.1) is 0 Å². The lowest BCUT2D eigenvalue weighted by molar-refractivity contribution is -0.138. The minimum absolute atomic E-state index is 0.0313. The number of aryl methyl sites for hydroxylation is 2. The normalized spacial score (nSPS) is 18.5. The SMILES string of the molecule is Cc1cccc(C)c1OCC(C)NC(=O)N1CCCC(N(C)CC(=O)O)CC1. The van der Waals surface area contributed by atoms with Crippen LogP contribution < -0.4 is 10.1 Å².